The second kappa shape index (κ2) is 8.13. The van der Waals surface area contributed by atoms with E-state index in [0.29, 0.717) is 43.5 Å². The highest BCUT2D eigenvalue weighted by atomic mass is 16.5. The summed E-state index contributed by atoms with van der Waals surface area (Å²) in [6, 6.07) is 10.9. The summed E-state index contributed by atoms with van der Waals surface area (Å²) in [4.78, 5) is 37.2. The Hall–Kier alpha value is -3.69. The molecule has 2 fully saturated rings. The van der Waals surface area contributed by atoms with Crippen LogP contribution < -0.4 is 15.2 Å². The first-order chi connectivity index (χ1) is 14.1. The lowest BCUT2D eigenvalue weighted by Gasteiger charge is -2.29. The number of amides is 2. The van der Waals surface area contributed by atoms with Gasteiger partial charge in [0.2, 0.25) is 5.88 Å². The van der Waals surface area contributed by atoms with Gasteiger partial charge in [-0.05, 0) is 12.1 Å². The lowest BCUT2D eigenvalue weighted by atomic mass is 10.1. The van der Waals surface area contributed by atoms with E-state index in [0.717, 1.165) is 5.69 Å². The van der Waals surface area contributed by atoms with E-state index in [9.17, 15) is 9.59 Å². The van der Waals surface area contributed by atoms with Crippen molar-refractivity contribution in [2.75, 3.05) is 18.1 Å². The van der Waals surface area contributed by atoms with E-state index in [4.69, 9.17) is 9.84 Å². The summed E-state index contributed by atoms with van der Waals surface area (Å²) in [7, 11) is 0. The summed E-state index contributed by atoms with van der Waals surface area (Å²) in [6.45, 7) is 0.864. The second-order valence-corrected chi connectivity index (χ2v) is 6.71. The van der Waals surface area contributed by atoms with E-state index in [-0.39, 0.29) is 18.4 Å². The molecule has 0 radical (unpaired) electrons. The molecule has 0 atom stereocenters. The third kappa shape index (κ3) is 4.42. The number of aromatic nitrogens is 2. The molecular weight excluding hydrogens is 376 g/mol. The highest BCUT2D eigenvalue weighted by molar-refractivity contribution is 6.14. The molecule has 10 nitrogen and oxygen atoms in total. The second-order valence-electron chi connectivity index (χ2n) is 6.71. The summed E-state index contributed by atoms with van der Waals surface area (Å²) in [5, 5.41) is 10.5. The quantitative estimate of drug-likeness (QED) is 0.810. The average Bonchev–Trinajstić information content (AvgIpc) is 3.09. The van der Waals surface area contributed by atoms with Gasteiger partial charge < -0.3 is 14.7 Å². The molecule has 2 aliphatic heterocycles. The van der Waals surface area contributed by atoms with Crippen molar-refractivity contribution >= 4 is 29.3 Å². The lowest BCUT2D eigenvalue weighted by Crippen LogP contribution is -2.41. The number of ether oxygens (including phenoxy) is 1. The zero-order chi connectivity index (χ0) is 20.2. The number of carbonyl (C=O) groups excluding carboxylic acids is 1. The zero-order valence-electron chi connectivity index (χ0n) is 15.6. The van der Waals surface area contributed by atoms with E-state index in [1.165, 1.54) is 16.2 Å². The third-order valence-corrected chi connectivity index (χ3v) is 4.70. The predicted octanol–water partition coefficient (Wildman–Crippen LogP) is 1.97. The fourth-order valence-corrected chi connectivity index (χ4v) is 3.23. The van der Waals surface area contributed by atoms with Crippen LogP contribution in [-0.4, -0.2) is 57.0 Å². The van der Waals surface area contributed by atoms with E-state index in [2.05, 4.69) is 20.4 Å². The molecule has 29 heavy (non-hydrogen) atoms. The van der Waals surface area contributed by atoms with Gasteiger partial charge in [0.25, 0.3) is 5.91 Å². The van der Waals surface area contributed by atoms with Gasteiger partial charge in [0.05, 0.1) is 12.1 Å². The number of amidine groups is 1. The van der Waals surface area contributed by atoms with Crippen LogP contribution in [0.5, 0.6) is 5.88 Å². The van der Waals surface area contributed by atoms with Crippen LogP contribution in [0.1, 0.15) is 19.3 Å². The Labute approximate surface area is 166 Å². The van der Waals surface area contributed by atoms with Gasteiger partial charge >= 0.3 is 6.09 Å². The lowest BCUT2D eigenvalue weighted by molar-refractivity contribution is -0.116. The van der Waals surface area contributed by atoms with Crippen LogP contribution in [0.4, 0.5) is 16.3 Å². The highest BCUT2D eigenvalue weighted by Crippen LogP contribution is 2.22. The highest BCUT2D eigenvalue weighted by Gasteiger charge is 2.27. The van der Waals surface area contributed by atoms with Crippen LogP contribution in [0.3, 0.4) is 0 Å². The standard InChI is InChI=1S/C19H20N6O4/c26-18-11-16(23-25(18)13-4-2-1-3-5-13)22-15-10-17(21-12-20-15)29-14-6-8-24(9-7-14)19(27)28/h1-5,10,12,14H,6-9,11H2,(H,27,28)(H,20,21,22,23). The maximum atomic E-state index is 12.3. The van der Waals surface area contributed by atoms with Gasteiger partial charge in [-0.25, -0.2) is 24.8 Å². The van der Waals surface area contributed by atoms with Crippen LogP contribution >= 0.6 is 0 Å². The van der Waals surface area contributed by atoms with Crippen molar-refractivity contribution in [1.82, 2.24) is 20.3 Å². The Morgan fingerprint density at radius 1 is 1.21 bits per heavy atom. The van der Waals surface area contributed by atoms with Crippen LogP contribution in [0.25, 0.3) is 0 Å². The number of carbonyl (C=O) groups is 2. The minimum Gasteiger partial charge on any atom is -0.474 e. The van der Waals surface area contributed by atoms with E-state index in [1.807, 2.05) is 30.3 Å². The maximum absolute atomic E-state index is 12.3. The molecule has 2 amide bonds. The monoisotopic (exact) mass is 396 g/mol. The zero-order valence-corrected chi connectivity index (χ0v) is 15.6. The normalized spacial score (nSPS) is 18.8. The molecule has 0 saturated carbocycles. The van der Waals surface area contributed by atoms with Crippen molar-refractivity contribution in [2.45, 2.75) is 25.4 Å². The first-order valence-corrected chi connectivity index (χ1v) is 9.27. The molecule has 10 heteroatoms. The van der Waals surface area contributed by atoms with Gasteiger partial charge in [-0.3, -0.25) is 10.2 Å². The number of aliphatic imine (C=N–C) groups is 1. The Kier molecular flexibility index (Phi) is 5.23. The number of carboxylic acid groups (broad SMARTS) is 1. The predicted molar refractivity (Wildman–Crippen MR) is 104 cm³/mol. The molecule has 0 spiro atoms. The third-order valence-electron chi connectivity index (χ3n) is 4.70. The molecule has 0 bridgehead atoms. The van der Waals surface area contributed by atoms with Crippen LogP contribution in [-0.2, 0) is 4.79 Å². The van der Waals surface area contributed by atoms with Crippen molar-refractivity contribution < 1.29 is 19.4 Å². The molecule has 1 aromatic carbocycles. The van der Waals surface area contributed by atoms with Crippen molar-refractivity contribution in [3.8, 4) is 5.88 Å². The topological polar surface area (TPSA) is 120 Å². The number of likely N-dealkylation sites (tertiary alicyclic amines) is 1. The first-order valence-electron chi connectivity index (χ1n) is 9.27. The molecule has 2 aromatic rings. The fourth-order valence-electron chi connectivity index (χ4n) is 3.23. The summed E-state index contributed by atoms with van der Waals surface area (Å²) in [5.74, 6) is 1.13. The van der Waals surface area contributed by atoms with E-state index in [1.54, 1.807) is 6.07 Å². The Balaban J connectivity index is 1.40. The summed E-state index contributed by atoms with van der Waals surface area (Å²) < 4.78 is 5.86. The Bertz CT molecular complexity index is 927. The minimum absolute atomic E-state index is 0.106. The molecular formula is C19H20N6O4. The molecule has 4 rings (SSSR count). The van der Waals surface area contributed by atoms with Crippen molar-refractivity contribution in [1.29, 1.82) is 0 Å². The molecule has 2 N–H and O–H groups in total. The van der Waals surface area contributed by atoms with E-state index >= 15 is 0 Å². The Morgan fingerprint density at radius 2 is 1.97 bits per heavy atom. The maximum Gasteiger partial charge on any atom is 0.407 e. The van der Waals surface area contributed by atoms with Gasteiger partial charge in [0.15, 0.2) is 5.82 Å². The molecule has 0 unspecified atom stereocenters. The minimum atomic E-state index is -0.910. The SMILES string of the molecule is O=C(O)N1CCC(Oc2cc(N=C3CC(=O)N(c4ccccc4)N3)ncn2)CC1. The number of hydrogen-bond acceptors (Lipinski definition) is 6. The number of hydrazine groups is 1. The van der Waals surface area contributed by atoms with Gasteiger partial charge in [0, 0.05) is 32.0 Å². The summed E-state index contributed by atoms with van der Waals surface area (Å²) in [5.41, 5.74) is 3.73. The number of rotatable bonds is 4. The number of para-hydroxylation sites is 1. The molecule has 2 saturated heterocycles. The van der Waals surface area contributed by atoms with Gasteiger partial charge in [-0.15, -0.1) is 0 Å². The van der Waals surface area contributed by atoms with Crippen molar-refractivity contribution in [2.24, 2.45) is 4.99 Å². The molecule has 150 valence electrons. The number of piperidine rings is 1. The van der Waals surface area contributed by atoms with Gasteiger partial charge in [-0.1, -0.05) is 18.2 Å². The number of nitrogens with one attached hydrogen (secondary N) is 1. The van der Waals surface area contributed by atoms with E-state index < -0.39 is 6.09 Å². The largest absolute Gasteiger partial charge is 0.474 e. The molecule has 2 aliphatic rings. The van der Waals surface area contributed by atoms with Crippen LogP contribution in [0.15, 0.2) is 47.7 Å². The number of hydrogen-bond donors (Lipinski definition) is 2. The smallest absolute Gasteiger partial charge is 0.407 e. The molecule has 3 heterocycles. The first kappa shape index (κ1) is 18.7. The fraction of sp³-hybridized carbons (Fsp3) is 0.316. The summed E-state index contributed by atoms with van der Waals surface area (Å²) in [6.07, 6.45) is 1.67. The van der Waals surface area contributed by atoms with Crippen molar-refractivity contribution in [3.05, 3.63) is 42.7 Å². The van der Waals surface area contributed by atoms with Crippen LogP contribution in [0, 0.1) is 0 Å². The number of nitrogens with zero attached hydrogens (tertiary/aromatic N) is 5. The van der Waals surface area contributed by atoms with Gasteiger partial charge in [0.1, 0.15) is 18.3 Å². The number of benzene rings is 1. The number of anilines is 1. The molecule has 0 aliphatic carbocycles. The van der Waals surface area contributed by atoms with Crippen LogP contribution in [0.2, 0.25) is 0 Å². The Morgan fingerprint density at radius 3 is 2.69 bits per heavy atom. The molecule has 1 aromatic heterocycles. The van der Waals surface area contributed by atoms with Gasteiger partial charge in [-0.2, -0.15) is 0 Å². The van der Waals surface area contributed by atoms with Crippen molar-refractivity contribution in [3.63, 3.8) is 0 Å². The summed E-state index contributed by atoms with van der Waals surface area (Å²) >= 11 is 0. The average molecular weight is 396 g/mol.